The van der Waals surface area contributed by atoms with Gasteiger partial charge < -0.3 is 10.2 Å². The molecule has 0 aromatic heterocycles. The molecule has 0 saturated carbocycles. The van der Waals surface area contributed by atoms with Gasteiger partial charge in [-0.1, -0.05) is 20.3 Å². The van der Waals surface area contributed by atoms with E-state index in [4.69, 9.17) is 0 Å². The summed E-state index contributed by atoms with van der Waals surface area (Å²) in [7, 11) is 0. The van der Waals surface area contributed by atoms with Crippen LogP contribution in [-0.2, 0) is 0 Å². The number of nitrogens with zero attached hydrogens (tertiary/aromatic N) is 1. The second-order valence-corrected chi connectivity index (χ2v) is 6.37. The molecule has 0 radical (unpaired) electrons. The highest BCUT2D eigenvalue weighted by molar-refractivity contribution is 4.90. The molecule has 0 spiro atoms. The predicted molar refractivity (Wildman–Crippen MR) is 74.3 cm³/mol. The van der Waals surface area contributed by atoms with Gasteiger partial charge in [-0.3, -0.25) is 0 Å². The van der Waals surface area contributed by atoms with Gasteiger partial charge in [-0.25, -0.2) is 0 Å². The topological polar surface area (TPSA) is 15.3 Å². The summed E-state index contributed by atoms with van der Waals surface area (Å²) in [6.07, 6.45) is 8.28. The standard InChI is InChI=1S/C15H30N2/c1-4-12(2)10-13(3)16-14-7-9-17-8-5-6-15(17)11-14/h12-16H,4-11H2,1-3H3. The Morgan fingerprint density at radius 3 is 2.82 bits per heavy atom. The molecule has 100 valence electrons. The fourth-order valence-corrected chi connectivity index (χ4v) is 3.62. The van der Waals surface area contributed by atoms with Gasteiger partial charge in [0.25, 0.3) is 0 Å². The maximum absolute atomic E-state index is 3.87. The van der Waals surface area contributed by atoms with Crippen LogP contribution in [0.2, 0.25) is 0 Å². The van der Waals surface area contributed by atoms with E-state index in [1.54, 1.807) is 0 Å². The van der Waals surface area contributed by atoms with Gasteiger partial charge in [0.05, 0.1) is 0 Å². The van der Waals surface area contributed by atoms with E-state index in [0.29, 0.717) is 6.04 Å². The Kier molecular flexibility index (Phi) is 4.87. The average Bonchev–Trinajstić information content (AvgIpc) is 2.75. The zero-order valence-electron chi connectivity index (χ0n) is 11.9. The maximum atomic E-state index is 3.87. The number of hydrogen-bond donors (Lipinski definition) is 1. The molecule has 2 nitrogen and oxygen atoms in total. The highest BCUT2D eigenvalue weighted by Crippen LogP contribution is 2.27. The zero-order valence-corrected chi connectivity index (χ0v) is 11.9. The maximum Gasteiger partial charge on any atom is 0.0111 e. The third-order valence-corrected chi connectivity index (χ3v) is 4.79. The Bertz CT molecular complexity index is 229. The molecule has 2 aliphatic rings. The van der Waals surface area contributed by atoms with E-state index >= 15 is 0 Å². The second kappa shape index (κ2) is 6.19. The molecule has 4 unspecified atom stereocenters. The van der Waals surface area contributed by atoms with Crippen LogP contribution in [-0.4, -0.2) is 36.1 Å². The van der Waals surface area contributed by atoms with Crippen molar-refractivity contribution >= 4 is 0 Å². The van der Waals surface area contributed by atoms with Gasteiger partial charge in [0.2, 0.25) is 0 Å². The van der Waals surface area contributed by atoms with Crippen LogP contribution in [0.15, 0.2) is 0 Å². The predicted octanol–water partition coefficient (Wildman–Crippen LogP) is 3.03. The Labute approximate surface area is 107 Å². The second-order valence-electron chi connectivity index (χ2n) is 6.37. The van der Waals surface area contributed by atoms with Gasteiger partial charge in [0.1, 0.15) is 0 Å². The molecule has 0 aromatic carbocycles. The van der Waals surface area contributed by atoms with E-state index in [9.17, 15) is 0 Å². The minimum atomic E-state index is 0.697. The van der Waals surface area contributed by atoms with E-state index in [1.165, 1.54) is 51.6 Å². The van der Waals surface area contributed by atoms with Gasteiger partial charge in [0.15, 0.2) is 0 Å². The monoisotopic (exact) mass is 238 g/mol. The average molecular weight is 238 g/mol. The van der Waals surface area contributed by atoms with Crippen LogP contribution in [0.4, 0.5) is 0 Å². The van der Waals surface area contributed by atoms with Crippen LogP contribution >= 0.6 is 0 Å². The summed E-state index contributed by atoms with van der Waals surface area (Å²) in [5.41, 5.74) is 0. The molecule has 2 heterocycles. The molecular formula is C15H30N2. The van der Waals surface area contributed by atoms with E-state index in [2.05, 4.69) is 31.0 Å². The first-order valence-corrected chi connectivity index (χ1v) is 7.69. The van der Waals surface area contributed by atoms with Crippen molar-refractivity contribution in [3.63, 3.8) is 0 Å². The number of piperidine rings is 1. The van der Waals surface area contributed by atoms with Crippen LogP contribution < -0.4 is 5.32 Å². The van der Waals surface area contributed by atoms with Crippen molar-refractivity contribution in [2.24, 2.45) is 5.92 Å². The lowest BCUT2D eigenvalue weighted by Crippen LogP contribution is -2.48. The fourth-order valence-electron chi connectivity index (χ4n) is 3.62. The summed E-state index contributed by atoms with van der Waals surface area (Å²) in [5.74, 6) is 0.865. The summed E-state index contributed by atoms with van der Waals surface area (Å²) in [5, 5.41) is 3.87. The number of nitrogens with one attached hydrogen (secondary N) is 1. The fraction of sp³-hybridized carbons (Fsp3) is 1.00. The third-order valence-electron chi connectivity index (χ3n) is 4.79. The molecule has 0 aromatic rings. The van der Waals surface area contributed by atoms with Crippen molar-refractivity contribution < 1.29 is 0 Å². The van der Waals surface area contributed by atoms with E-state index in [-0.39, 0.29) is 0 Å². The SMILES string of the molecule is CCC(C)CC(C)NC1CCN2CCCC2C1. The van der Waals surface area contributed by atoms with Crippen LogP contribution in [0.3, 0.4) is 0 Å². The highest BCUT2D eigenvalue weighted by atomic mass is 15.2. The lowest BCUT2D eigenvalue weighted by Gasteiger charge is -2.36. The number of hydrogen-bond acceptors (Lipinski definition) is 2. The molecule has 2 saturated heterocycles. The molecule has 2 fully saturated rings. The van der Waals surface area contributed by atoms with Crippen molar-refractivity contribution in [1.82, 2.24) is 10.2 Å². The summed E-state index contributed by atoms with van der Waals surface area (Å²) in [4.78, 5) is 2.71. The Hall–Kier alpha value is -0.0800. The summed E-state index contributed by atoms with van der Waals surface area (Å²) in [6.45, 7) is 9.73. The van der Waals surface area contributed by atoms with Crippen LogP contribution in [0.1, 0.15) is 59.3 Å². The zero-order chi connectivity index (χ0) is 12.3. The van der Waals surface area contributed by atoms with Crippen molar-refractivity contribution in [2.45, 2.75) is 77.4 Å². The van der Waals surface area contributed by atoms with Crippen molar-refractivity contribution in [2.75, 3.05) is 13.1 Å². The lowest BCUT2D eigenvalue weighted by molar-refractivity contribution is 0.159. The first-order valence-electron chi connectivity index (χ1n) is 7.69. The molecule has 1 N–H and O–H groups in total. The normalized spacial score (nSPS) is 33.4. The molecule has 0 bridgehead atoms. The van der Waals surface area contributed by atoms with Gasteiger partial charge in [-0.15, -0.1) is 0 Å². The van der Waals surface area contributed by atoms with Crippen molar-refractivity contribution in [3.8, 4) is 0 Å². The molecule has 0 amide bonds. The highest BCUT2D eigenvalue weighted by Gasteiger charge is 2.31. The van der Waals surface area contributed by atoms with Crippen LogP contribution in [0.5, 0.6) is 0 Å². The first kappa shape index (κ1) is 13.4. The first-order chi connectivity index (χ1) is 8.19. The summed E-state index contributed by atoms with van der Waals surface area (Å²) >= 11 is 0. The minimum absolute atomic E-state index is 0.697. The van der Waals surface area contributed by atoms with Gasteiger partial charge in [-0.2, -0.15) is 0 Å². The van der Waals surface area contributed by atoms with Crippen LogP contribution in [0, 0.1) is 5.92 Å². The molecule has 17 heavy (non-hydrogen) atoms. The van der Waals surface area contributed by atoms with Gasteiger partial charge in [-0.05, 0) is 58.0 Å². The van der Waals surface area contributed by atoms with Gasteiger partial charge >= 0.3 is 0 Å². The smallest absolute Gasteiger partial charge is 0.0111 e. The summed E-state index contributed by atoms with van der Waals surface area (Å²) in [6, 6.07) is 2.38. The minimum Gasteiger partial charge on any atom is -0.311 e. The number of rotatable bonds is 5. The largest absolute Gasteiger partial charge is 0.311 e. The molecule has 2 rings (SSSR count). The molecule has 4 atom stereocenters. The van der Waals surface area contributed by atoms with Crippen molar-refractivity contribution in [1.29, 1.82) is 0 Å². The lowest BCUT2D eigenvalue weighted by atomic mass is 9.95. The Morgan fingerprint density at radius 2 is 2.06 bits per heavy atom. The molecular weight excluding hydrogens is 208 g/mol. The van der Waals surface area contributed by atoms with Gasteiger partial charge in [0, 0.05) is 18.1 Å². The van der Waals surface area contributed by atoms with Crippen molar-refractivity contribution in [3.05, 3.63) is 0 Å². The Balaban J connectivity index is 1.72. The molecule has 2 aliphatic heterocycles. The Morgan fingerprint density at radius 1 is 1.24 bits per heavy atom. The van der Waals surface area contributed by atoms with E-state index in [1.807, 2.05) is 0 Å². The van der Waals surface area contributed by atoms with Crippen LogP contribution in [0.25, 0.3) is 0 Å². The summed E-state index contributed by atoms with van der Waals surface area (Å²) < 4.78 is 0. The molecule has 2 heteroatoms. The third kappa shape index (κ3) is 3.69. The van der Waals surface area contributed by atoms with E-state index < -0.39 is 0 Å². The van der Waals surface area contributed by atoms with E-state index in [0.717, 1.165) is 18.0 Å². The molecule has 0 aliphatic carbocycles. The number of fused-ring (bicyclic) bond motifs is 1. The quantitative estimate of drug-likeness (QED) is 0.792.